The van der Waals surface area contributed by atoms with E-state index in [-0.39, 0.29) is 19.3 Å². The molecule has 32 heavy (non-hydrogen) atoms. The van der Waals surface area contributed by atoms with Crippen molar-refractivity contribution in [3.05, 3.63) is 48.0 Å². The molecule has 0 unspecified atom stereocenters. The largest absolute Gasteiger partial charge is 0.507 e. The van der Waals surface area contributed by atoms with E-state index in [2.05, 4.69) is 16.3 Å². The Morgan fingerprint density at radius 1 is 1.28 bits per heavy atom. The molecule has 2 N–H and O–H groups in total. The molecule has 0 spiro atoms. The first-order valence-electron chi connectivity index (χ1n) is 11.2. The lowest BCUT2D eigenvalue weighted by molar-refractivity contribution is 0.128. The Morgan fingerprint density at radius 2 is 2.09 bits per heavy atom. The van der Waals surface area contributed by atoms with Crippen LogP contribution in [0.15, 0.2) is 42.5 Å². The van der Waals surface area contributed by atoms with E-state index in [1.807, 2.05) is 45.0 Å². The molecule has 1 fully saturated rings. The number of hydrogen-bond donors (Lipinski definition) is 2. The van der Waals surface area contributed by atoms with Gasteiger partial charge in [0.15, 0.2) is 5.82 Å². The van der Waals surface area contributed by atoms with E-state index >= 15 is 0 Å². The minimum atomic E-state index is -0.372. The highest BCUT2D eigenvalue weighted by atomic mass is 16.5. The van der Waals surface area contributed by atoms with Gasteiger partial charge >= 0.3 is 6.09 Å². The summed E-state index contributed by atoms with van der Waals surface area (Å²) in [5.74, 6) is 1.75. The summed E-state index contributed by atoms with van der Waals surface area (Å²) >= 11 is 0. The van der Waals surface area contributed by atoms with Crippen molar-refractivity contribution in [1.29, 1.82) is 0 Å². The van der Waals surface area contributed by atoms with Crippen molar-refractivity contribution < 1.29 is 16.1 Å². The second-order valence-corrected chi connectivity index (χ2v) is 8.83. The first-order valence-corrected chi connectivity index (χ1v) is 11.2. The highest BCUT2D eigenvalue weighted by Gasteiger charge is 2.25. The van der Waals surface area contributed by atoms with Crippen LogP contribution in [0.2, 0.25) is 0 Å². The SMILES string of the molecule is Cc1ccc2c(N3CCC[C@H](NC(=O)OCC(C)C)C3)nc(-c3ccccc3O)nc2c1.[HH]. The third-order valence-corrected chi connectivity index (χ3v) is 5.57. The normalized spacial score (nSPS) is 16.4. The predicted molar refractivity (Wildman–Crippen MR) is 128 cm³/mol. The number of amides is 1. The number of aromatic hydroxyl groups is 1. The molecule has 1 saturated heterocycles. The molecule has 1 aliphatic rings. The Bertz CT molecular complexity index is 1120. The van der Waals surface area contributed by atoms with Crippen LogP contribution in [0.3, 0.4) is 0 Å². The van der Waals surface area contributed by atoms with Crippen LogP contribution in [0.1, 0.15) is 33.7 Å². The van der Waals surface area contributed by atoms with Crippen molar-refractivity contribution in [3.63, 3.8) is 0 Å². The number of aromatic nitrogens is 2. The molecule has 2 aromatic carbocycles. The molecule has 0 saturated carbocycles. The molecule has 7 nitrogen and oxygen atoms in total. The Morgan fingerprint density at radius 3 is 2.88 bits per heavy atom. The van der Waals surface area contributed by atoms with E-state index in [9.17, 15) is 9.90 Å². The van der Waals surface area contributed by atoms with Gasteiger partial charge in [-0.1, -0.05) is 32.0 Å². The molecule has 3 aromatic rings. The van der Waals surface area contributed by atoms with E-state index in [4.69, 9.17) is 14.7 Å². The zero-order valence-corrected chi connectivity index (χ0v) is 18.8. The monoisotopic (exact) mass is 436 g/mol. The lowest BCUT2D eigenvalue weighted by atomic mass is 10.0. The fraction of sp³-hybridized carbons (Fsp3) is 0.400. The van der Waals surface area contributed by atoms with Crippen molar-refractivity contribution in [2.45, 2.75) is 39.7 Å². The topological polar surface area (TPSA) is 87.6 Å². The molecule has 0 radical (unpaired) electrons. The van der Waals surface area contributed by atoms with Crippen molar-refractivity contribution in [2.24, 2.45) is 5.92 Å². The number of para-hydroxylation sites is 1. The maximum Gasteiger partial charge on any atom is 0.407 e. The maximum absolute atomic E-state index is 12.2. The van der Waals surface area contributed by atoms with E-state index in [0.29, 0.717) is 30.5 Å². The average molecular weight is 437 g/mol. The fourth-order valence-electron chi connectivity index (χ4n) is 3.99. The number of nitrogens with one attached hydrogen (secondary N) is 1. The minimum Gasteiger partial charge on any atom is -0.507 e. The van der Waals surface area contributed by atoms with Crippen LogP contribution in [0, 0.1) is 12.8 Å². The van der Waals surface area contributed by atoms with Gasteiger partial charge in [0.05, 0.1) is 17.7 Å². The smallest absolute Gasteiger partial charge is 0.407 e. The lowest BCUT2D eigenvalue weighted by Gasteiger charge is -2.34. The van der Waals surface area contributed by atoms with Crippen LogP contribution in [-0.4, -0.2) is 46.9 Å². The Balaban J connectivity index is 0.00000306. The quantitative estimate of drug-likeness (QED) is 0.591. The standard InChI is InChI=1S/C25H30N4O3.H2/c1-16(2)15-32-25(31)26-18-7-6-12-29(14-18)24-19-11-10-17(3)13-21(19)27-23(28-24)20-8-4-5-9-22(20)30;/h4-5,8-11,13,16,18,30H,6-7,12,14-15H2,1-3H3,(H,26,31);1H/t18-;/m0./s1. The Kier molecular flexibility index (Phi) is 6.44. The van der Waals surface area contributed by atoms with Gasteiger partial charge in [0.1, 0.15) is 11.6 Å². The maximum atomic E-state index is 12.2. The van der Waals surface area contributed by atoms with E-state index in [1.54, 1.807) is 12.1 Å². The summed E-state index contributed by atoms with van der Waals surface area (Å²) < 4.78 is 5.30. The molecule has 4 rings (SSSR count). The van der Waals surface area contributed by atoms with Gasteiger partial charge in [0, 0.05) is 25.9 Å². The first kappa shape index (κ1) is 21.9. The highest BCUT2D eigenvalue weighted by molar-refractivity contribution is 5.92. The van der Waals surface area contributed by atoms with Gasteiger partial charge in [-0.3, -0.25) is 0 Å². The summed E-state index contributed by atoms with van der Waals surface area (Å²) in [5, 5.41) is 14.3. The third-order valence-electron chi connectivity index (χ3n) is 5.57. The van der Waals surface area contributed by atoms with E-state index in [1.165, 1.54) is 0 Å². The predicted octanol–water partition coefficient (Wildman–Crippen LogP) is 4.91. The molecule has 0 bridgehead atoms. The number of phenols is 1. The number of hydrogen-bond acceptors (Lipinski definition) is 6. The van der Waals surface area contributed by atoms with Crippen molar-refractivity contribution >= 4 is 22.8 Å². The van der Waals surface area contributed by atoms with Gasteiger partial charge in [-0.2, -0.15) is 0 Å². The number of carbonyl (C=O) groups is 1. The van der Waals surface area contributed by atoms with Gasteiger partial charge in [-0.15, -0.1) is 0 Å². The molecule has 2 heterocycles. The number of ether oxygens (including phenoxy) is 1. The molecule has 7 heteroatoms. The summed E-state index contributed by atoms with van der Waals surface area (Å²) in [6.45, 7) is 7.93. The van der Waals surface area contributed by atoms with Crippen molar-refractivity contribution in [3.8, 4) is 17.1 Å². The van der Waals surface area contributed by atoms with Crippen molar-refractivity contribution in [2.75, 3.05) is 24.6 Å². The molecule has 1 aromatic heterocycles. The summed E-state index contributed by atoms with van der Waals surface area (Å²) in [5.41, 5.74) is 2.54. The van der Waals surface area contributed by atoms with Crippen LogP contribution in [0.25, 0.3) is 22.3 Å². The van der Waals surface area contributed by atoms with Crippen LogP contribution < -0.4 is 10.2 Å². The zero-order valence-electron chi connectivity index (χ0n) is 18.8. The third kappa shape index (κ3) is 4.93. The molecular weight excluding hydrogens is 404 g/mol. The van der Waals surface area contributed by atoms with E-state index in [0.717, 1.165) is 41.7 Å². The lowest BCUT2D eigenvalue weighted by Crippen LogP contribution is -2.48. The van der Waals surface area contributed by atoms with Gasteiger partial charge in [-0.25, -0.2) is 14.8 Å². The number of benzene rings is 2. The van der Waals surface area contributed by atoms with Gasteiger partial charge < -0.3 is 20.1 Å². The second kappa shape index (κ2) is 9.42. The number of piperidine rings is 1. The molecular formula is C25H32N4O3. The second-order valence-electron chi connectivity index (χ2n) is 8.83. The summed E-state index contributed by atoms with van der Waals surface area (Å²) in [6, 6.07) is 13.2. The van der Waals surface area contributed by atoms with Gasteiger partial charge in [-0.05, 0) is 55.5 Å². The number of rotatable bonds is 5. The molecule has 1 amide bonds. The number of carbonyl (C=O) groups excluding carboxylic acids is 1. The average Bonchev–Trinajstić information content (AvgIpc) is 2.77. The summed E-state index contributed by atoms with van der Waals surface area (Å²) in [7, 11) is 0. The van der Waals surface area contributed by atoms with Crippen LogP contribution in [0.5, 0.6) is 5.75 Å². The van der Waals surface area contributed by atoms with Crippen molar-refractivity contribution in [1.82, 2.24) is 15.3 Å². The number of alkyl carbamates (subject to hydrolysis) is 1. The minimum absolute atomic E-state index is 0. The number of anilines is 1. The number of aryl methyl sites for hydroxylation is 1. The first-order chi connectivity index (χ1) is 15.4. The highest BCUT2D eigenvalue weighted by Crippen LogP contribution is 2.33. The number of fused-ring (bicyclic) bond motifs is 1. The molecule has 1 atom stereocenters. The number of nitrogens with zero attached hydrogens (tertiary/aromatic N) is 3. The van der Waals surface area contributed by atoms with Gasteiger partial charge in [0.25, 0.3) is 0 Å². The number of phenolic OH excluding ortho intramolecular Hbond substituents is 1. The zero-order chi connectivity index (χ0) is 22.7. The van der Waals surface area contributed by atoms with Crippen LogP contribution >= 0.6 is 0 Å². The fourth-order valence-corrected chi connectivity index (χ4v) is 3.99. The molecule has 1 aliphatic heterocycles. The van der Waals surface area contributed by atoms with Crippen LogP contribution in [0.4, 0.5) is 10.6 Å². The van der Waals surface area contributed by atoms with Gasteiger partial charge in [0.2, 0.25) is 0 Å². The molecule has 170 valence electrons. The Labute approximate surface area is 189 Å². The van der Waals surface area contributed by atoms with Crippen LogP contribution in [-0.2, 0) is 4.74 Å². The van der Waals surface area contributed by atoms with E-state index < -0.39 is 0 Å². The Hall–Kier alpha value is -3.35. The molecule has 0 aliphatic carbocycles. The summed E-state index contributed by atoms with van der Waals surface area (Å²) in [4.78, 5) is 24.0. The summed E-state index contributed by atoms with van der Waals surface area (Å²) in [6.07, 6.45) is 1.45.